The molecule has 0 amide bonds. The van der Waals surface area contributed by atoms with Gasteiger partial charge < -0.3 is 4.98 Å². The summed E-state index contributed by atoms with van der Waals surface area (Å²) in [6.45, 7) is 0. The molecule has 114 valence electrons. The van der Waals surface area contributed by atoms with Crippen LogP contribution in [0, 0.1) is 0 Å². The van der Waals surface area contributed by atoms with E-state index in [9.17, 15) is 13.2 Å². The fourth-order valence-corrected chi connectivity index (χ4v) is 2.78. The van der Waals surface area contributed by atoms with Gasteiger partial charge >= 0.3 is 6.18 Å². The molecule has 1 heterocycles. The van der Waals surface area contributed by atoms with E-state index in [-0.39, 0.29) is 5.56 Å². The average Bonchev–Trinajstić information content (AvgIpc) is 2.79. The van der Waals surface area contributed by atoms with Crippen molar-refractivity contribution in [1.82, 2.24) is 4.98 Å². The van der Waals surface area contributed by atoms with Gasteiger partial charge in [-0.05, 0) is 29.3 Å². The summed E-state index contributed by atoms with van der Waals surface area (Å²) in [5.41, 5.74) is 1.85. The second-order valence-corrected chi connectivity index (χ2v) is 5.76. The average molecular weight is 344 g/mol. The van der Waals surface area contributed by atoms with Crippen LogP contribution in [-0.2, 0) is 6.42 Å². The molecule has 0 radical (unpaired) electrons. The number of aromatic amines is 1. The molecule has 3 rings (SSSR count). The smallest absolute Gasteiger partial charge is 0.354 e. The zero-order chi connectivity index (χ0) is 15.9. The highest BCUT2D eigenvalue weighted by Crippen LogP contribution is 2.36. The van der Waals surface area contributed by atoms with Gasteiger partial charge in [-0.1, -0.05) is 47.5 Å². The maximum Gasteiger partial charge on any atom is 0.393 e. The van der Waals surface area contributed by atoms with E-state index >= 15 is 0 Å². The maximum atomic E-state index is 12.9. The van der Waals surface area contributed by atoms with Gasteiger partial charge in [0.1, 0.15) is 0 Å². The zero-order valence-corrected chi connectivity index (χ0v) is 12.7. The number of H-pyrrole nitrogens is 1. The predicted molar refractivity (Wildman–Crippen MR) is 83.5 cm³/mol. The third-order valence-electron chi connectivity index (χ3n) is 3.40. The summed E-state index contributed by atoms with van der Waals surface area (Å²) in [7, 11) is 0. The van der Waals surface area contributed by atoms with Crippen LogP contribution in [-0.4, -0.2) is 11.2 Å². The third kappa shape index (κ3) is 2.94. The normalized spacial score (nSPS) is 12.0. The Balaban J connectivity index is 2.23. The van der Waals surface area contributed by atoms with Crippen LogP contribution in [0.5, 0.6) is 0 Å². The van der Waals surface area contributed by atoms with E-state index in [1.54, 1.807) is 42.5 Å². The number of aromatic nitrogens is 1. The summed E-state index contributed by atoms with van der Waals surface area (Å²) in [4.78, 5) is 3.05. The number of fused-ring (bicyclic) bond motifs is 1. The molecule has 2 aromatic carbocycles. The van der Waals surface area contributed by atoms with Crippen LogP contribution >= 0.6 is 23.2 Å². The minimum absolute atomic E-state index is 0.210. The Kier molecular flexibility index (Phi) is 3.83. The summed E-state index contributed by atoms with van der Waals surface area (Å²) in [5, 5.41) is 1.22. The number of nitrogens with one attached hydrogen (secondary N) is 1. The fraction of sp³-hybridized carbons (Fsp3) is 0.125. The second-order valence-electron chi connectivity index (χ2n) is 4.94. The van der Waals surface area contributed by atoms with E-state index in [1.807, 2.05) is 0 Å². The molecule has 0 spiro atoms. The molecule has 1 aromatic heterocycles. The van der Waals surface area contributed by atoms with Crippen molar-refractivity contribution in [2.75, 3.05) is 0 Å². The highest BCUT2D eigenvalue weighted by molar-refractivity contribution is 6.42. The van der Waals surface area contributed by atoms with Crippen molar-refractivity contribution in [2.45, 2.75) is 12.6 Å². The van der Waals surface area contributed by atoms with Gasteiger partial charge in [-0.3, -0.25) is 0 Å². The molecule has 0 unspecified atom stereocenters. The van der Waals surface area contributed by atoms with Crippen LogP contribution < -0.4 is 0 Å². The van der Waals surface area contributed by atoms with Gasteiger partial charge in [0.2, 0.25) is 0 Å². The van der Waals surface area contributed by atoms with Gasteiger partial charge in [0.25, 0.3) is 0 Å². The molecule has 0 aliphatic rings. The Morgan fingerprint density at radius 1 is 0.955 bits per heavy atom. The van der Waals surface area contributed by atoms with E-state index in [2.05, 4.69) is 4.98 Å². The first-order valence-corrected chi connectivity index (χ1v) is 7.22. The number of halogens is 5. The molecular weight excluding hydrogens is 334 g/mol. The van der Waals surface area contributed by atoms with Crippen molar-refractivity contribution >= 4 is 34.1 Å². The summed E-state index contributed by atoms with van der Waals surface area (Å²) >= 11 is 11.9. The largest absolute Gasteiger partial charge is 0.393 e. The lowest BCUT2D eigenvalue weighted by Gasteiger charge is -2.09. The fourth-order valence-electron chi connectivity index (χ4n) is 2.48. The molecule has 6 heteroatoms. The van der Waals surface area contributed by atoms with E-state index in [0.29, 0.717) is 32.2 Å². The maximum absolute atomic E-state index is 12.9. The Bertz CT molecular complexity index is 837. The van der Waals surface area contributed by atoms with Crippen molar-refractivity contribution in [3.8, 4) is 11.3 Å². The summed E-state index contributed by atoms with van der Waals surface area (Å²) in [6.07, 6.45) is -5.30. The predicted octanol–water partition coefficient (Wildman–Crippen LogP) is 6.25. The van der Waals surface area contributed by atoms with Crippen molar-refractivity contribution in [1.29, 1.82) is 0 Å². The molecule has 0 bridgehead atoms. The van der Waals surface area contributed by atoms with E-state index in [1.165, 1.54) is 0 Å². The lowest BCUT2D eigenvalue weighted by Crippen LogP contribution is -2.11. The minimum Gasteiger partial charge on any atom is -0.354 e. The number of hydrogen-bond acceptors (Lipinski definition) is 0. The first-order chi connectivity index (χ1) is 10.3. The van der Waals surface area contributed by atoms with E-state index < -0.39 is 12.6 Å². The molecular formula is C16H10Cl2F3N. The van der Waals surface area contributed by atoms with Crippen LogP contribution in [0.2, 0.25) is 10.0 Å². The van der Waals surface area contributed by atoms with Crippen LogP contribution in [0.3, 0.4) is 0 Å². The Morgan fingerprint density at radius 3 is 2.36 bits per heavy atom. The van der Waals surface area contributed by atoms with Gasteiger partial charge in [0.15, 0.2) is 0 Å². The monoisotopic (exact) mass is 343 g/mol. The van der Waals surface area contributed by atoms with E-state index in [4.69, 9.17) is 23.2 Å². The molecule has 1 nitrogen and oxygen atoms in total. The third-order valence-corrected chi connectivity index (χ3v) is 4.14. The minimum atomic E-state index is -4.30. The van der Waals surface area contributed by atoms with Gasteiger partial charge in [0, 0.05) is 10.9 Å². The highest BCUT2D eigenvalue weighted by Gasteiger charge is 2.31. The molecule has 0 fully saturated rings. The number of para-hydroxylation sites is 1. The Labute approximate surface area is 134 Å². The number of hydrogen-bond donors (Lipinski definition) is 1. The SMILES string of the molecule is FC(F)(F)Cc1c(-c2ccc(Cl)c(Cl)c2)[nH]c2ccccc12. The summed E-state index contributed by atoms with van der Waals surface area (Å²) in [5.74, 6) is 0. The van der Waals surface area contributed by atoms with Crippen LogP contribution in [0.4, 0.5) is 13.2 Å². The summed E-state index contributed by atoms with van der Waals surface area (Å²) in [6, 6.07) is 11.7. The van der Waals surface area contributed by atoms with Crippen LogP contribution in [0.15, 0.2) is 42.5 Å². The van der Waals surface area contributed by atoms with Gasteiger partial charge in [-0.25, -0.2) is 0 Å². The highest BCUT2D eigenvalue weighted by atomic mass is 35.5. The molecule has 1 N–H and O–H groups in total. The van der Waals surface area contributed by atoms with Crippen LogP contribution in [0.1, 0.15) is 5.56 Å². The molecule has 0 saturated heterocycles. The first kappa shape index (κ1) is 15.3. The van der Waals surface area contributed by atoms with Gasteiger partial charge in [-0.15, -0.1) is 0 Å². The van der Waals surface area contributed by atoms with E-state index in [0.717, 1.165) is 0 Å². The lowest BCUT2D eigenvalue weighted by molar-refractivity contribution is -0.126. The molecule has 22 heavy (non-hydrogen) atoms. The zero-order valence-electron chi connectivity index (χ0n) is 11.1. The Morgan fingerprint density at radius 2 is 1.68 bits per heavy atom. The van der Waals surface area contributed by atoms with Crippen molar-refractivity contribution in [2.24, 2.45) is 0 Å². The van der Waals surface area contributed by atoms with Crippen molar-refractivity contribution < 1.29 is 13.2 Å². The molecule has 3 aromatic rings. The molecule has 0 aliphatic heterocycles. The lowest BCUT2D eigenvalue weighted by atomic mass is 10.0. The topological polar surface area (TPSA) is 15.8 Å². The van der Waals surface area contributed by atoms with Crippen molar-refractivity contribution in [3.05, 3.63) is 58.1 Å². The van der Waals surface area contributed by atoms with Gasteiger partial charge in [-0.2, -0.15) is 13.2 Å². The quantitative estimate of drug-likeness (QED) is 0.566. The summed E-state index contributed by atoms with van der Waals surface area (Å²) < 4.78 is 38.8. The molecule has 0 atom stereocenters. The molecule has 0 aliphatic carbocycles. The number of rotatable bonds is 2. The van der Waals surface area contributed by atoms with Gasteiger partial charge in [0.05, 0.1) is 22.2 Å². The van der Waals surface area contributed by atoms with Crippen molar-refractivity contribution in [3.63, 3.8) is 0 Å². The number of benzene rings is 2. The number of alkyl halides is 3. The standard InChI is InChI=1S/C16H10Cl2F3N/c17-12-6-5-9(7-13(12)18)15-11(8-16(19,20)21)10-3-1-2-4-14(10)22-15/h1-7,22H,8H2. The molecule has 0 saturated carbocycles. The first-order valence-electron chi connectivity index (χ1n) is 6.47. The van der Waals surface area contributed by atoms with Crippen LogP contribution in [0.25, 0.3) is 22.2 Å². The second kappa shape index (κ2) is 5.52. The Hall–Kier alpha value is -1.65.